The third kappa shape index (κ3) is 3.20. The van der Waals surface area contributed by atoms with Crippen LogP contribution in [-0.2, 0) is 10.0 Å². The molecule has 142 valence electrons. The fraction of sp³-hybridized carbons (Fsp3) is 0.0476. The van der Waals surface area contributed by atoms with Crippen molar-refractivity contribution in [3.8, 4) is 16.9 Å². The van der Waals surface area contributed by atoms with Crippen LogP contribution in [-0.4, -0.2) is 15.5 Å². The maximum absolute atomic E-state index is 12.4. The minimum atomic E-state index is -4.00. The first-order chi connectivity index (χ1) is 13.3. The lowest BCUT2D eigenvalue weighted by molar-refractivity contribution is 0.417. The molecule has 0 spiro atoms. The summed E-state index contributed by atoms with van der Waals surface area (Å²) in [6.45, 7) is 0. The van der Waals surface area contributed by atoms with E-state index in [2.05, 4.69) is 0 Å². The van der Waals surface area contributed by atoms with Crippen molar-refractivity contribution in [2.45, 2.75) is 4.90 Å². The monoisotopic (exact) mass is 431 g/mol. The van der Waals surface area contributed by atoms with Gasteiger partial charge in [-0.05, 0) is 57.9 Å². The number of primary sulfonamides is 1. The quantitative estimate of drug-likeness (QED) is 0.457. The summed E-state index contributed by atoms with van der Waals surface area (Å²) < 4.78 is 30.4. The number of fused-ring (bicyclic) bond motifs is 2. The number of benzene rings is 4. The van der Waals surface area contributed by atoms with E-state index in [1.54, 1.807) is 43.5 Å². The molecule has 0 fully saturated rings. The van der Waals surface area contributed by atoms with E-state index >= 15 is 0 Å². The Morgan fingerprint density at radius 2 is 1.32 bits per heavy atom. The van der Waals surface area contributed by atoms with E-state index in [-0.39, 0.29) is 4.90 Å². The van der Waals surface area contributed by atoms with E-state index in [1.165, 1.54) is 6.07 Å². The number of sulfonamides is 1. The number of hydrogen-bond donors (Lipinski definition) is 1. The number of nitrogens with two attached hydrogens (primary N) is 1. The maximum atomic E-state index is 12.4. The first-order valence-corrected chi connectivity index (χ1v) is 10.6. The van der Waals surface area contributed by atoms with Crippen molar-refractivity contribution in [1.82, 2.24) is 0 Å². The number of halogens is 2. The highest BCUT2D eigenvalue weighted by Crippen LogP contribution is 2.44. The van der Waals surface area contributed by atoms with Crippen LogP contribution in [0.1, 0.15) is 0 Å². The lowest BCUT2D eigenvalue weighted by atomic mass is 9.93. The van der Waals surface area contributed by atoms with Gasteiger partial charge in [-0.3, -0.25) is 0 Å². The van der Waals surface area contributed by atoms with Crippen LogP contribution in [0.15, 0.2) is 65.6 Å². The lowest BCUT2D eigenvalue weighted by Crippen LogP contribution is -2.14. The second-order valence-electron chi connectivity index (χ2n) is 6.36. The summed E-state index contributed by atoms with van der Waals surface area (Å²) in [6.07, 6.45) is 0. The topological polar surface area (TPSA) is 69.4 Å². The molecule has 4 aromatic rings. The van der Waals surface area contributed by atoms with Gasteiger partial charge in [-0.15, -0.1) is 0 Å². The summed E-state index contributed by atoms with van der Waals surface area (Å²) in [5.41, 5.74) is 1.11. The zero-order chi connectivity index (χ0) is 20.1. The molecule has 0 atom stereocenters. The van der Waals surface area contributed by atoms with Crippen LogP contribution in [0.25, 0.3) is 32.7 Å². The third-order valence-electron chi connectivity index (χ3n) is 4.66. The fourth-order valence-electron chi connectivity index (χ4n) is 3.48. The van der Waals surface area contributed by atoms with Gasteiger partial charge < -0.3 is 4.74 Å². The second-order valence-corrected chi connectivity index (χ2v) is 8.76. The van der Waals surface area contributed by atoms with Gasteiger partial charge in [0.15, 0.2) is 0 Å². The highest BCUT2D eigenvalue weighted by Gasteiger charge is 2.23. The molecule has 7 heteroatoms. The predicted octanol–water partition coefficient (Wildman–Crippen LogP) is 5.62. The van der Waals surface area contributed by atoms with Crippen LogP contribution in [0.5, 0.6) is 5.75 Å². The number of rotatable bonds is 3. The average molecular weight is 432 g/mol. The minimum Gasteiger partial charge on any atom is -0.496 e. The summed E-state index contributed by atoms with van der Waals surface area (Å²) in [4.78, 5) is 0.0167. The van der Waals surface area contributed by atoms with Crippen molar-refractivity contribution in [2.75, 3.05) is 7.11 Å². The molecule has 28 heavy (non-hydrogen) atoms. The van der Waals surface area contributed by atoms with Gasteiger partial charge in [0.25, 0.3) is 0 Å². The molecule has 0 heterocycles. The normalized spacial score (nSPS) is 11.9. The van der Waals surface area contributed by atoms with Gasteiger partial charge >= 0.3 is 0 Å². The lowest BCUT2D eigenvalue weighted by Gasteiger charge is -2.18. The molecule has 0 aliphatic rings. The van der Waals surface area contributed by atoms with Gasteiger partial charge in [-0.2, -0.15) is 0 Å². The molecule has 0 unspecified atom stereocenters. The van der Waals surface area contributed by atoms with Gasteiger partial charge in [0.2, 0.25) is 10.0 Å². The summed E-state index contributed by atoms with van der Waals surface area (Å²) in [5, 5.41) is 9.85. The van der Waals surface area contributed by atoms with E-state index in [1.807, 2.05) is 18.2 Å². The number of methoxy groups -OCH3 is 1. The Hall–Kier alpha value is -2.31. The Morgan fingerprint density at radius 3 is 1.86 bits per heavy atom. The smallest absolute Gasteiger partial charge is 0.238 e. The summed E-state index contributed by atoms with van der Waals surface area (Å²) >= 11 is 12.3. The highest BCUT2D eigenvalue weighted by atomic mass is 35.5. The highest BCUT2D eigenvalue weighted by molar-refractivity contribution is 7.89. The Bertz CT molecular complexity index is 1350. The molecule has 0 saturated heterocycles. The van der Waals surface area contributed by atoms with Crippen LogP contribution < -0.4 is 9.88 Å². The van der Waals surface area contributed by atoms with Crippen LogP contribution in [0, 0.1) is 0 Å². The van der Waals surface area contributed by atoms with E-state index in [0.717, 1.165) is 16.2 Å². The summed E-state index contributed by atoms with van der Waals surface area (Å²) in [7, 11) is -2.46. The zero-order valence-corrected chi connectivity index (χ0v) is 17.1. The van der Waals surface area contributed by atoms with Crippen LogP contribution in [0.3, 0.4) is 0 Å². The van der Waals surface area contributed by atoms with Gasteiger partial charge in [0, 0.05) is 21.2 Å². The largest absolute Gasteiger partial charge is 0.496 e. The van der Waals surface area contributed by atoms with Crippen LogP contribution >= 0.6 is 23.2 Å². The summed E-state index contributed by atoms with van der Waals surface area (Å²) in [6, 6.07) is 17.6. The average Bonchev–Trinajstić information content (AvgIpc) is 2.65. The molecule has 0 aliphatic carbocycles. The Balaban J connectivity index is 2.26. The molecule has 0 aromatic heterocycles. The predicted molar refractivity (Wildman–Crippen MR) is 115 cm³/mol. The van der Waals surface area contributed by atoms with Crippen molar-refractivity contribution in [1.29, 1.82) is 0 Å². The third-order valence-corrected chi connectivity index (χ3v) is 6.09. The molecule has 2 N–H and O–H groups in total. The first kappa shape index (κ1) is 19.0. The molecular weight excluding hydrogens is 417 g/mol. The van der Waals surface area contributed by atoms with Crippen molar-refractivity contribution in [3.05, 3.63) is 70.7 Å². The minimum absolute atomic E-state index is 0.0167. The van der Waals surface area contributed by atoms with Crippen LogP contribution in [0.4, 0.5) is 0 Å². The molecule has 0 radical (unpaired) electrons. The SMILES string of the molecule is COc1ccc2cc(Cl)ccc2c1-c1c(S(N)(=O)=O)ccc2cc(Cl)ccc12. The first-order valence-electron chi connectivity index (χ1n) is 8.31. The number of hydrogen-bond acceptors (Lipinski definition) is 3. The van der Waals surface area contributed by atoms with E-state index < -0.39 is 10.0 Å². The molecular formula is C21H15Cl2NO3S. The Kier molecular flexibility index (Phi) is 4.71. The molecule has 4 rings (SSSR count). The Labute approximate surface area is 172 Å². The van der Waals surface area contributed by atoms with Crippen molar-refractivity contribution in [2.24, 2.45) is 5.14 Å². The Morgan fingerprint density at radius 1 is 0.786 bits per heavy atom. The number of ether oxygens (including phenoxy) is 1. The fourth-order valence-corrected chi connectivity index (χ4v) is 4.60. The van der Waals surface area contributed by atoms with E-state index in [4.69, 9.17) is 33.1 Å². The van der Waals surface area contributed by atoms with Gasteiger partial charge in [-0.1, -0.05) is 47.5 Å². The zero-order valence-electron chi connectivity index (χ0n) is 14.7. The van der Waals surface area contributed by atoms with Crippen molar-refractivity contribution >= 4 is 54.8 Å². The molecule has 4 nitrogen and oxygen atoms in total. The molecule has 0 saturated carbocycles. The maximum Gasteiger partial charge on any atom is 0.238 e. The van der Waals surface area contributed by atoms with Gasteiger partial charge in [-0.25, -0.2) is 13.6 Å². The molecule has 4 aromatic carbocycles. The molecule has 0 bridgehead atoms. The molecule has 0 aliphatic heterocycles. The van der Waals surface area contributed by atoms with Crippen molar-refractivity contribution in [3.63, 3.8) is 0 Å². The molecule has 0 amide bonds. The van der Waals surface area contributed by atoms with E-state index in [0.29, 0.717) is 32.3 Å². The van der Waals surface area contributed by atoms with Crippen LogP contribution in [0.2, 0.25) is 10.0 Å². The summed E-state index contributed by atoms with van der Waals surface area (Å²) in [5.74, 6) is 0.530. The van der Waals surface area contributed by atoms with Crippen molar-refractivity contribution < 1.29 is 13.2 Å². The van der Waals surface area contributed by atoms with Gasteiger partial charge in [0.05, 0.1) is 12.0 Å². The standard InChI is InChI=1S/C21H15Cl2NO3S/c1-27-18-8-2-12-10-14(22)4-6-16(12)20(18)21-17-7-5-15(23)11-13(17)3-9-19(21)28(24,25)26/h2-11H,1H3,(H2,24,25,26). The second kappa shape index (κ2) is 6.94. The van der Waals surface area contributed by atoms with E-state index in [9.17, 15) is 8.42 Å². The van der Waals surface area contributed by atoms with Gasteiger partial charge in [0.1, 0.15) is 5.75 Å².